The summed E-state index contributed by atoms with van der Waals surface area (Å²) in [6.07, 6.45) is 4.33. The standard InChI is InChI=1S/C16H25BrN2O2/c1-5-21-16(8-6-7-11(2)10-16)14(20)9-13-15(17)12(3)18-19(13)4/h11H,5-10H2,1-4H3. The number of hydrogen-bond donors (Lipinski definition) is 0. The highest BCUT2D eigenvalue weighted by Crippen LogP contribution is 2.37. The molecule has 2 atom stereocenters. The van der Waals surface area contributed by atoms with Crippen LogP contribution in [-0.4, -0.2) is 27.8 Å². The summed E-state index contributed by atoms with van der Waals surface area (Å²) in [6.45, 7) is 6.71. The van der Waals surface area contributed by atoms with Crippen molar-refractivity contribution >= 4 is 21.7 Å². The van der Waals surface area contributed by atoms with Gasteiger partial charge in [-0.15, -0.1) is 0 Å². The molecule has 0 spiro atoms. The summed E-state index contributed by atoms with van der Waals surface area (Å²) in [6, 6.07) is 0. The lowest BCUT2D eigenvalue weighted by atomic mass is 9.75. The van der Waals surface area contributed by atoms with E-state index in [2.05, 4.69) is 28.0 Å². The van der Waals surface area contributed by atoms with Gasteiger partial charge < -0.3 is 4.74 Å². The number of Topliss-reactive ketones (excluding diaryl/α,β-unsaturated/α-hetero) is 1. The van der Waals surface area contributed by atoms with Crippen LogP contribution < -0.4 is 0 Å². The van der Waals surface area contributed by atoms with Crippen molar-refractivity contribution in [1.82, 2.24) is 9.78 Å². The van der Waals surface area contributed by atoms with E-state index in [4.69, 9.17) is 4.74 Å². The van der Waals surface area contributed by atoms with E-state index in [0.717, 1.165) is 35.1 Å². The molecule has 21 heavy (non-hydrogen) atoms. The lowest BCUT2D eigenvalue weighted by molar-refractivity contribution is -0.150. The number of ether oxygens (including phenoxy) is 1. The Labute approximate surface area is 135 Å². The molecule has 0 bridgehead atoms. The molecule has 0 radical (unpaired) electrons. The third-order valence-electron chi connectivity index (χ3n) is 4.47. The molecule has 0 aromatic carbocycles. The average Bonchev–Trinajstić information content (AvgIpc) is 2.65. The molecule has 0 saturated heterocycles. The van der Waals surface area contributed by atoms with E-state index in [1.54, 1.807) is 4.68 Å². The Hall–Kier alpha value is -0.680. The molecule has 5 heteroatoms. The van der Waals surface area contributed by atoms with Gasteiger partial charge in [0.25, 0.3) is 0 Å². The number of halogens is 1. The van der Waals surface area contributed by atoms with Crippen molar-refractivity contribution in [3.05, 3.63) is 15.9 Å². The molecule has 1 saturated carbocycles. The number of nitrogens with zero attached hydrogens (tertiary/aromatic N) is 2. The average molecular weight is 357 g/mol. The van der Waals surface area contributed by atoms with Crippen LogP contribution in [0, 0.1) is 12.8 Å². The molecular weight excluding hydrogens is 332 g/mol. The van der Waals surface area contributed by atoms with Crippen molar-refractivity contribution in [3.8, 4) is 0 Å². The van der Waals surface area contributed by atoms with Gasteiger partial charge in [-0.05, 0) is 55.0 Å². The maximum atomic E-state index is 13.0. The Bertz CT molecular complexity index is 523. The van der Waals surface area contributed by atoms with Gasteiger partial charge in [0.05, 0.1) is 22.3 Å². The van der Waals surface area contributed by atoms with Crippen LogP contribution in [0.5, 0.6) is 0 Å². The number of aryl methyl sites for hydroxylation is 2. The molecule has 0 aliphatic heterocycles. The van der Waals surface area contributed by atoms with E-state index in [9.17, 15) is 4.79 Å². The van der Waals surface area contributed by atoms with Gasteiger partial charge in [0.15, 0.2) is 5.78 Å². The largest absolute Gasteiger partial charge is 0.367 e. The van der Waals surface area contributed by atoms with Crippen molar-refractivity contribution in [2.75, 3.05) is 6.61 Å². The second-order valence-electron chi connectivity index (χ2n) is 6.20. The maximum Gasteiger partial charge on any atom is 0.170 e. The summed E-state index contributed by atoms with van der Waals surface area (Å²) in [5, 5.41) is 4.37. The molecule has 2 unspecified atom stereocenters. The van der Waals surface area contributed by atoms with Crippen LogP contribution in [-0.2, 0) is 23.0 Å². The van der Waals surface area contributed by atoms with Crippen LogP contribution in [0.4, 0.5) is 0 Å². The normalized spacial score (nSPS) is 26.0. The summed E-state index contributed by atoms with van der Waals surface area (Å²) in [7, 11) is 1.89. The first kappa shape index (κ1) is 16.7. The number of carbonyl (C=O) groups is 1. The SMILES string of the molecule is CCOC1(C(=O)Cc2c(Br)c(C)nn2C)CCCC(C)C1. The van der Waals surface area contributed by atoms with Gasteiger partial charge in [-0.25, -0.2) is 0 Å². The zero-order valence-electron chi connectivity index (χ0n) is 13.4. The summed E-state index contributed by atoms with van der Waals surface area (Å²) in [5.41, 5.74) is 1.27. The molecule has 2 rings (SSSR count). The van der Waals surface area contributed by atoms with Crippen LogP contribution >= 0.6 is 15.9 Å². The van der Waals surface area contributed by atoms with Crippen molar-refractivity contribution < 1.29 is 9.53 Å². The van der Waals surface area contributed by atoms with Gasteiger partial charge in [0.2, 0.25) is 0 Å². The molecule has 1 aromatic heterocycles. The second-order valence-corrected chi connectivity index (χ2v) is 6.99. The predicted octanol–water partition coefficient (Wildman–Crippen LogP) is 3.59. The minimum absolute atomic E-state index is 0.194. The van der Waals surface area contributed by atoms with Gasteiger partial charge in [0, 0.05) is 13.7 Å². The van der Waals surface area contributed by atoms with Crippen LogP contribution in [0.2, 0.25) is 0 Å². The van der Waals surface area contributed by atoms with E-state index >= 15 is 0 Å². The van der Waals surface area contributed by atoms with Gasteiger partial charge in [-0.3, -0.25) is 9.48 Å². The van der Waals surface area contributed by atoms with Crippen molar-refractivity contribution in [2.45, 2.75) is 58.5 Å². The predicted molar refractivity (Wildman–Crippen MR) is 86.3 cm³/mol. The van der Waals surface area contributed by atoms with Gasteiger partial charge in [0.1, 0.15) is 5.60 Å². The third kappa shape index (κ3) is 3.39. The highest BCUT2D eigenvalue weighted by Gasteiger charge is 2.42. The quantitative estimate of drug-likeness (QED) is 0.809. The van der Waals surface area contributed by atoms with Crippen molar-refractivity contribution in [3.63, 3.8) is 0 Å². The Morgan fingerprint density at radius 3 is 2.81 bits per heavy atom. The summed E-state index contributed by atoms with van der Waals surface area (Å²) < 4.78 is 8.70. The van der Waals surface area contributed by atoms with Crippen LogP contribution in [0.15, 0.2) is 4.47 Å². The van der Waals surface area contributed by atoms with Gasteiger partial charge >= 0.3 is 0 Å². The first-order valence-corrected chi connectivity index (χ1v) is 8.54. The smallest absolute Gasteiger partial charge is 0.170 e. The molecule has 1 aliphatic rings. The Morgan fingerprint density at radius 1 is 1.57 bits per heavy atom. The molecule has 1 aromatic rings. The second kappa shape index (κ2) is 6.61. The molecule has 0 N–H and O–H groups in total. The summed E-state index contributed by atoms with van der Waals surface area (Å²) in [4.78, 5) is 13.0. The Kier molecular flexibility index (Phi) is 5.25. The van der Waals surface area contributed by atoms with Crippen LogP contribution in [0.3, 0.4) is 0 Å². The molecule has 118 valence electrons. The fourth-order valence-corrected chi connectivity index (χ4v) is 3.91. The van der Waals surface area contributed by atoms with Crippen molar-refractivity contribution in [1.29, 1.82) is 0 Å². The zero-order valence-corrected chi connectivity index (χ0v) is 15.0. The molecule has 0 amide bonds. The number of aromatic nitrogens is 2. The minimum atomic E-state index is -0.593. The topological polar surface area (TPSA) is 44.1 Å². The fraction of sp³-hybridized carbons (Fsp3) is 0.750. The highest BCUT2D eigenvalue weighted by atomic mass is 79.9. The van der Waals surface area contributed by atoms with E-state index in [1.165, 1.54) is 6.42 Å². The van der Waals surface area contributed by atoms with Crippen LogP contribution in [0.25, 0.3) is 0 Å². The van der Waals surface area contributed by atoms with Gasteiger partial charge in [-0.2, -0.15) is 5.10 Å². The van der Waals surface area contributed by atoms with E-state index in [1.807, 2.05) is 20.9 Å². The van der Waals surface area contributed by atoms with Crippen LogP contribution in [0.1, 0.15) is 50.9 Å². The fourth-order valence-electron chi connectivity index (χ4n) is 3.43. The summed E-state index contributed by atoms with van der Waals surface area (Å²) in [5.74, 6) is 0.741. The van der Waals surface area contributed by atoms with E-state index < -0.39 is 5.60 Å². The lowest BCUT2D eigenvalue weighted by Crippen LogP contribution is -2.46. The molecule has 1 heterocycles. The van der Waals surface area contributed by atoms with E-state index in [-0.39, 0.29) is 5.78 Å². The van der Waals surface area contributed by atoms with Gasteiger partial charge in [-0.1, -0.05) is 13.3 Å². The molecular formula is C16H25BrN2O2. The Balaban J connectivity index is 2.23. The number of ketones is 1. The first-order chi connectivity index (χ1) is 9.89. The third-order valence-corrected chi connectivity index (χ3v) is 5.51. The number of hydrogen-bond acceptors (Lipinski definition) is 3. The lowest BCUT2D eigenvalue weighted by Gasteiger charge is -2.38. The number of carbonyl (C=O) groups excluding carboxylic acids is 1. The zero-order chi connectivity index (χ0) is 15.6. The van der Waals surface area contributed by atoms with E-state index in [0.29, 0.717) is 18.9 Å². The van der Waals surface area contributed by atoms with Crippen molar-refractivity contribution in [2.24, 2.45) is 13.0 Å². The Morgan fingerprint density at radius 2 is 2.29 bits per heavy atom. The number of rotatable bonds is 5. The maximum absolute atomic E-state index is 13.0. The molecule has 1 fully saturated rings. The molecule has 4 nitrogen and oxygen atoms in total. The summed E-state index contributed by atoms with van der Waals surface area (Å²) >= 11 is 3.55. The first-order valence-electron chi connectivity index (χ1n) is 7.75. The highest BCUT2D eigenvalue weighted by molar-refractivity contribution is 9.10. The monoisotopic (exact) mass is 356 g/mol. The molecule has 1 aliphatic carbocycles. The minimum Gasteiger partial charge on any atom is -0.367 e.